The van der Waals surface area contributed by atoms with Gasteiger partial charge in [0.25, 0.3) is 0 Å². The average Bonchev–Trinajstić information content (AvgIpc) is 2.93. The van der Waals surface area contributed by atoms with E-state index in [0.29, 0.717) is 5.92 Å². The van der Waals surface area contributed by atoms with Gasteiger partial charge in [-0.1, -0.05) is 19.9 Å². The van der Waals surface area contributed by atoms with Gasteiger partial charge in [0.1, 0.15) is 0 Å². The smallest absolute Gasteiger partial charge is 0.0963 e. The molecule has 0 aliphatic rings. The summed E-state index contributed by atoms with van der Waals surface area (Å²) in [4.78, 5) is 7.41. The van der Waals surface area contributed by atoms with Crippen LogP contribution in [0.1, 0.15) is 29.7 Å². The summed E-state index contributed by atoms with van der Waals surface area (Å²) in [5.41, 5.74) is 2.41. The molecule has 18 heavy (non-hydrogen) atoms. The van der Waals surface area contributed by atoms with Crippen LogP contribution in [0.3, 0.4) is 0 Å². The predicted molar refractivity (Wildman–Crippen MR) is 81.8 cm³/mol. The second kappa shape index (κ2) is 4.48. The second-order valence-corrected chi connectivity index (χ2v) is 7.15. The maximum atomic E-state index is 4.73. The van der Waals surface area contributed by atoms with Crippen molar-refractivity contribution in [3.8, 4) is 10.4 Å². The molecule has 0 amide bonds. The van der Waals surface area contributed by atoms with Crippen LogP contribution in [0.25, 0.3) is 20.7 Å². The molecular weight excluding hydrogens is 258 g/mol. The van der Waals surface area contributed by atoms with Crippen molar-refractivity contribution in [2.75, 3.05) is 0 Å². The number of rotatable bonds is 2. The number of thiophene rings is 1. The minimum Gasteiger partial charge on any atom is -0.241 e. The number of aromatic nitrogens is 1. The molecule has 1 aromatic carbocycles. The van der Waals surface area contributed by atoms with Gasteiger partial charge < -0.3 is 0 Å². The first kappa shape index (κ1) is 11.9. The quantitative estimate of drug-likeness (QED) is 0.604. The lowest BCUT2D eigenvalue weighted by atomic mass is 10.2. The van der Waals surface area contributed by atoms with Crippen LogP contribution in [0.2, 0.25) is 0 Å². The van der Waals surface area contributed by atoms with E-state index in [4.69, 9.17) is 4.98 Å². The average molecular weight is 273 g/mol. The summed E-state index contributed by atoms with van der Waals surface area (Å²) >= 11 is 3.64. The molecule has 3 rings (SSSR count). The summed E-state index contributed by atoms with van der Waals surface area (Å²) in [6.07, 6.45) is 0. The molecule has 2 heterocycles. The molecule has 0 aliphatic carbocycles. The third-order valence-electron chi connectivity index (χ3n) is 2.92. The van der Waals surface area contributed by atoms with E-state index in [1.807, 2.05) is 11.3 Å². The Morgan fingerprint density at radius 3 is 2.56 bits per heavy atom. The van der Waals surface area contributed by atoms with E-state index in [1.54, 1.807) is 11.3 Å². The zero-order valence-corrected chi connectivity index (χ0v) is 12.4. The normalized spacial score (nSPS) is 11.6. The van der Waals surface area contributed by atoms with E-state index in [9.17, 15) is 0 Å². The molecule has 0 N–H and O–H groups in total. The second-order valence-electron chi connectivity index (χ2n) is 4.80. The van der Waals surface area contributed by atoms with E-state index >= 15 is 0 Å². The molecule has 1 nitrogen and oxygen atoms in total. The van der Waals surface area contributed by atoms with Crippen LogP contribution in [0.15, 0.2) is 30.3 Å². The number of fused-ring (bicyclic) bond motifs is 1. The fourth-order valence-electron chi connectivity index (χ4n) is 1.94. The van der Waals surface area contributed by atoms with Crippen LogP contribution in [0.5, 0.6) is 0 Å². The largest absolute Gasteiger partial charge is 0.241 e. The molecule has 0 fully saturated rings. The molecule has 2 aromatic heterocycles. The topological polar surface area (TPSA) is 12.9 Å². The van der Waals surface area contributed by atoms with E-state index in [1.165, 1.54) is 25.0 Å². The van der Waals surface area contributed by atoms with Crippen molar-refractivity contribution in [2.45, 2.75) is 26.7 Å². The SMILES string of the molecule is Cc1ccc(-c2ccc3sc(C(C)C)nc3c2)s1. The Bertz CT molecular complexity index is 691. The van der Waals surface area contributed by atoms with Crippen molar-refractivity contribution < 1.29 is 0 Å². The highest BCUT2D eigenvalue weighted by Crippen LogP contribution is 2.33. The molecule has 3 aromatic rings. The first-order valence-electron chi connectivity index (χ1n) is 6.11. The molecule has 0 aliphatic heterocycles. The van der Waals surface area contributed by atoms with Crippen molar-refractivity contribution in [2.24, 2.45) is 0 Å². The Balaban J connectivity index is 2.10. The molecular formula is C15H15NS2. The molecule has 0 bridgehead atoms. The Morgan fingerprint density at radius 2 is 1.89 bits per heavy atom. The van der Waals surface area contributed by atoms with Gasteiger partial charge in [0, 0.05) is 15.7 Å². The Labute approximate surface area is 115 Å². The third kappa shape index (κ3) is 2.08. The van der Waals surface area contributed by atoms with Crippen LogP contribution in [0, 0.1) is 6.92 Å². The van der Waals surface area contributed by atoms with E-state index in [0.717, 1.165) is 5.52 Å². The van der Waals surface area contributed by atoms with Gasteiger partial charge in [-0.3, -0.25) is 0 Å². The fourth-order valence-corrected chi connectivity index (χ4v) is 3.75. The van der Waals surface area contributed by atoms with Crippen molar-refractivity contribution in [1.82, 2.24) is 4.98 Å². The van der Waals surface area contributed by atoms with Crippen LogP contribution in [-0.2, 0) is 0 Å². The molecule has 92 valence electrons. The van der Waals surface area contributed by atoms with Gasteiger partial charge in [-0.2, -0.15) is 0 Å². The Morgan fingerprint density at radius 1 is 1.06 bits per heavy atom. The monoisotopic (exact) mass is 273 g/mol. The van der Waals surface area contributed by atoms with Gasteiger partial charge >= 0.3 is 0 Å². The molecule has 0 unspecified atom stereocenters. The van der Waals surface area contributed by atoms with E-state index in [2.05, 4.69) is 51.1 Å². The van der Waals surface area contributed by atoms with Gasteiger partial charge in [0.2, 0.25) is 0 Å². The minimum absolute atomic E-state index is 0.509. The predicted octanol–water partition coefficient (Wildman–Crippen LogP) is 5.46. The standard InChI is InChI=1S/C15H15NS2/c1-9(2)15-16-12-8-11(5-7-14(12)18-15)13-6-4-10(3)17-13/h4-9H,1-3H3. The summed E-state index contributed by atoms with van der Waals surface area (Å²) in [5.74, 6) is 0.509. The lowest BCUT2D eigenvalue weighted by Gasteiger charge is -1.96. The Hall–Kier alpha value is -1.19. The molecule has 0 radical (unpaired) electrons. The van der Waals surface area contributed by atoms with Gasteiger partial charge in [0.15, 0.2) is 0 Å². The van der Waals surface area contributed by atoms with Crippen LogP contribution in [0.4, 0.5) is 0 Å². The summed E-state index contributed by atoms with van der Waals surface area (Å²) in [6.45, 7) is 6.54. The molecule has 0 atom stereocenters. The third-order valence-corrected chi connectivity index (χ3v) is 5.31. The maximum absolute atomic E-state index is 4.73. The van der Waals surface area contributed by atoms with Crippen LogP contribution in [-0.4, -0.2) is 4.98 Å². The van der Waals surface area contributed by atoms with Gasteiger partial charge in [0.05, 0.1) is 15.2 Å². The highest BCUT2D eigenvalue weighted by molar-refractivity contribution is 7.18. The van der Waals surface area contributed by atoms with Crippen LogP contribution >= 0.6 is 22.7 Å². The number of hydrogen-bond acceptors (Lipinski definition) is 3. The lowest BCUT2D eigenvalue weighted by Crippen LogP contribution is -1.83. The minimum atomic E-state index is 0.509. The Kier molecular flexibility index (Phi) is 2.96. The summed E-state index contributed by atoms with van der Waals surface area (Å²) < 4.78 is 1.29. The number of thiazole rings is 1. The zero-order chi connectivity index (χ0) is 12.7. The zero-order valence-electron chi connectivity index (χ0n) is 10.7. The van der Waals surface area contributed by atoms with Crippen molar-refractivity contribution in [1.29, 1.82) is 0 Å². The highest BCUT2D eigenvalue weighted by atomic mass is 32.1. The van der Waals surface area contributed by atoms with Crippen molar-refractivity contribution in [3.05, 3.63) is 40.2 Å². The number of benzene rings is 1. The van der Waals surface area contributed by atoms with Crippen molar-refractivity contribution in [3.63, 3.8) is 0 Å². The maximum Gasteiger partial charge on any atom is 0.0963 e. The summed E-state index contributed by atoms with van der Waals surface area (Å²) in [5, 5.41) is 1.23. The first-order chi connectivity index (χ1) is 8.63. The van der Waals surface area contributed by atoms with Gasteiger partial charge in [-0.15, -0.1) is 22.7 Å². The molecule has 3 heteroatoms. The lowest BCUT2D eigenvalue weighted by molar-refractivity contribution is 0.857. The summed E-state index contributed by atoms with van der Waals surface area (Å²) in [6, 6.07) is 11.0. The highest BCUT2D eigenvalue weighted by Gasteiger charge is 2.09. The van der Waals surface area contributed by atoms with Crippen LogP contribution < -0.4 is 0 Å². The van der Waals surface area contributed by atoms with E-state index in [-0.39, 0.29) is 0 Å². The first-order valence-corrected chi connectivity index (χ1v) is 7.74. The number of aryl methyl sites for hydroxylation is 1. The van der Waals surface area contributed by atoms with Crippen molar-refractivity contribution >= 4 is 32.9 Å². The number of hydrogen-bond donors (Lipinski definition) is 0. The molecule has 0 saturated heterocycles. The fraction of sp³-hybridized carbons (Fsp3) is 0.267. The summed E-state index contributed by atoms with van der Waals surface area (Å²) in [7, 11) is 0. The number of nitrogens with zero attached hydrogens (tertiary/aromatic N) is 1. The molecule has 0 spiro atoms. The molecule has 0 saturated carbocycles. The van der Waals surface area contributed by atoms with Gasteiger partial charge in [-0.05, 0) is 36.8 Å². The van der Waals surface area contributed by atoms with E-state index < -0.39 is 0 Å². The van der Waals surface area contributed by atoms with Gasteiger partial charge in [-0.25, -0.2) is 4.98 Å².